The minimum absolute atomic E-state index is 0.142. The summed E-state index contributed by atoms with van der Waals surface area (Å²) < 4.78 is 15.8. The van der Waals surface area contributed by atoms with Crippen molar-refractivity contribution in [2.45, 2.75) is 32.8 Å². The van der Waals surface area contributed by atoms with E-state index < -0.39 is 5.60 Å². The molecule has 0 spiro atoms. The number of carbonyl (C=O) groups excluding carboxylic acids is 1. The Morgan fingerprint density at radius 2 is 1.82 bits per heavy atom. The standard InChI is InChI=1S/C17H27NO4/c1-13(2)12-17(3,21-5)16(19)18-14-6-8-15(9-7-14)22-11-10-20-4/h6-9,13H,10-12H2,1-5H3,(H,18,19)/t17-/m1/s1. The Balaban J connectivity index is 2.63. The Hall–Kier alpha value is -1.59. The van der Waals surface area contributed by atoms with Crippen LogP contribution in [0.3, 0.4) is 0 Å². The normalized spacial score (nSPS) is 13.7. The van der Waals surface area contributed by atoms with E-state index in [2.05, 4.69) is 19.2 Å². The molecule has 0 fully saturated rings. The highest BCUT2D eigenvalue weighted by Crippen LogP contribution is 2.23. The molecule has 1 rings (SSSR count). The van der Waals surface area contributed by atoms with Gasteiger partial charge in [-0.2, -0.15) is 0 Å². The van der Waals surface area contributed by atoms with Crippen LogP contribution in [0.2, 0.25) is 0 Å². The molecule has 0 aliphatic heterocycles. The maximum atomic E-state index is 12.4. The SMILES string of the molecule is COCCOc1ccc(NC(=O)[C@@](C)(CC(C)C)OC)cc1. The molecule has 0 saturated carbocycles. The van der Waals surface area contributed by atoms with Gasteiger partial charge in [-0.05, 0) is 43.5 Å². The first-order chi connectivity index (χ1) is 10.4. The molecule has 5 heteroatoms. The minimum Gasteiger partial charge on any atom is -0.491 e. The number of hydrogen-bond donors (Lipinski definition) is 1. The maximum Gasteiger partial charge on any atom is 0.256 e. The van der Waals surface area contributed by atoms with Crippen LogP contribution in [-0.4, -0.2) is 38.9 Å². The molecule has 1 aromatic carbocycles. The van der Waals surface area contributed by atoms with Crippen molar-refractivity contribution in [1.29, 1.82) is 0 Å². The molecule has 0 heterocycles. The van der Waals surface area contributed by atoms with Gasteiger partial charge in [-0.15, -0.1) is 0 Å². The molecular formula is C17H27NO4. The zero-order valence-electron chi connectivity index (χ0n) is 14.1. The number of rotatable bonds is 9. The first-order valence-electron chi connectivity index (χ1n) is 7.49. The van der Waals surface area contributed by atoms with Crippen LogP contribution in [0.25, 0.3) is 0 Å². The summed E-state index contributed by atoms with van der Waals surface area (Å²) in [7, 11) is 3.20. The molecule has 0 radical (unpaired) electrons. The zero-order chi connectivity index (χ0) is 16.6. The number of ether oxygens (including phenoxy) is 3. The Kier molecular flexibility index (Phi) is 7.35. The average molecular weight is 309 g/mol. The summed E-state index contributed by atoms with van der Waals surface area (Å²) in [4.78, 5) is 12.4. The van der Waals surface area contributed by atoms with Crippen LogP contribution < -0.4 is 10.1 Å². The monoisotopic (exact) mass is 309 g/mol. The molecule has 1 atom stereocenters. The van der Waals surface area contributed by atoms with Gasteiger partial charge in [0.25, 0.3) is 5.91 Å². The summed E-state index contributed by atoms with van der Waals surface area (Å²) in [6, 6.07) is 7.26. The maximum absolute atomic E-state index is 12.4. The van der Waals surface area contributed by atoms with E-state index in [0.29, 0.717) is 25.6 Å². The number of nitrogens with one attached hydrogen (secondary N) is 1. The molecule has 5 nitrogen and oxygen atoms in total. The molecule has 0 bridgehead atoms. The summed E-state index contributed by atoms with van der Waals surface area (Å²) in [5.41, 5.74) is -0.113. The van der Waals surface area contributed by atoms with E-state index >= 15 is 0 Å². The van der Waals surface area contributed by atoms with E-state index in [1.54, 1.807) is 14.2 Å². The fourth-order valence-electron chi connectivity index (χ4n) is 2.19. The average Bonchev–Trinajstić information content (AvgIpc) is 2.48. The number of hydrogen-bond acceptors (Lipinski definition) is 4. The minimum atomic E-state index is -0.832. The van der Waals surface area contributed by atoms with E-state index in [1.807, 2.05) is 31.2 Å². The molecule has 1 amide bonds. The lowest BCUT2D eigenvalue weighted by atomic mass is 9.93. The molecule has 0 saturated heterocycles. The van der Waals surface area contributed by atoms with E-state index in [9.17, 15) is 4.79 Å². The first-order valence-corrected chi connectivity index (χ1v) is 7.49. The van der Waals surface area contributed by atoms with Crippen molar-refractivity contribution in [1.82, 2.24) is 0 Å². The lowest BCUT2D eigenvalue weighted by Crippen LogP contribution is -2.43. The zero-order valence-corrected chi connectivity index (χ0v) is 14.1. The van der Waals surface area contributed by atoms with E-state index in [1.165, 1.54) is 0 Å². The second kappa shape index (κ2) is 8.76. The second-order valence-electron chi connectivity index (χ2n) is 5.85. The Labute approximate surface area is 132 Å². The van der Waals surface area contributed by atoms with Crippen LogP contribution in [0, 0.1) is 5.92 Å². The third-order valence-corrected chi connectivity index (χ3v) is 3.40. The quantitative estimate of drug-likeness (QED) is 0.712. The summed E-state index contributed by atoms with van der Waals surface area (Å²) >= 11 is 0. The van der Waals surface area contributed by atoms with Gasteiger partial charge < -0.3 is 19.5 Å². The van der Waals surface area contributed by atoms with Crippen LogP contribution in [0.15, 0.2) is 24.3 Å². The van der Waals surface area contributed by atoms with Gasteiger partial charge in [0.15, 0.2) is 0 Å². The van der Waals surface area contributed by atoms with E-state index in [0.717, 1.165) is 11.4 Å². The van der Waals surface area contributed by atoms with Crippen LogP contribution in [-0.2, 0) is 14.3 Å². The third kappa shape index (κ3) is 5.66. The van der Waals surface area contributed by atoms with Crippen molar-refractivity contribution < 1.29 is 19.0 Å². The predicted molar refractivity (Wildman–Crippen MR) is 87.3 cm³/mol. The van der Waals surface area contributed by atoms with Crippen LogP contribution in [0.4, 0.5) is 5.69 Å². The van der Waals surface area contributed by atoms with Crippen LogP contribution in [0.5, 0.6) is 5.75 Å². The van der Waals surface area contributed by atoms with Gasteiger partial charge in [0, 0.05) is 19.9 Å². The van der Waals surface area contributed by atoms with Crippen molar-refractivity contribution in [3.63, 3.8) is 0 Å². The van der Waals surface area contributed by atoms with Gasteiger partial charge in [0.2, 0.25) is 0 Å². The Bertz CT molecular complexity index is 458. The number of carbonyl (C=O) groups is 1. The lowest BCUT2D eigenvalue weighted by molar-refractivity contribution is -0.137. The summed E-state index contributed by atoms with van der Waals surface area (Å²) in [6.07, 6.45) is 0.660. The predicted octanol–water partition coefficient (Wildman–Crippen LogP) is 3.10. The van der Waals surface area contributed by atoms with Crippen molar-refractivity contribution >= 4 is 11.6 Å². The van der Waals surface area contributed by atoms with Crippen LogP contribution >= 0.6 is 0 Å². The molecule has 1 N–H and O–H groups in total. The summed E-state index contributed by atoms with van der Waals surface area (Å²) in [5.74, 6) is 0.968. The fourth-order valence-corrected chi connectivity index (χ4v) is 2.19. The highest BCUT2D eigenvalue weighted by atomic mass is 16.5. The Morgan fingerprint density at radius 3 is 2.32 bits per heavy atom. The van der Waals surface area contributed by atoms with Crippen molar-refractivity contribution in [2.75, 3.05) is 32.8 Å². The third-order valence-electron chi connectivity index (χ3n) is 3.40. The summed E-state index contributed by atoms with van der Waals surface area (Å²) in [6.45, 7) is 6.98. The largest absolute Gasteiger partial charge is 0.491 e. The second-order valence-corrected chi connectivity index (χ2v) is 5.85. The molecule has 0 aromatic heterocycles. The molecule has 1 aromatic rings. The van der Waals surface area contributed by atoms with Crippen molar-refractivity contribution in [2.24, 2.45) is 5.92 Å². The number of anilines is 1. The highest BCUT2D eigenvalue weighted by Gasteiger charge is 2.33. The van der Waals surface area contributed by atoms with Gasteiger partial charge in [-0.3, -0.25) is 4.79 Å². The van der Waals surface area contributed by atoms with Gasteiger partial charge in [0.1, 0.15) is 18.0 Å². The highest BCUT2D eigenvalue weighted by molar-refractivity contribution is 5.97. The molecule has 0 aliphatic rings. The molecular weight excluding hydrogens is 282 g/mol. The van der Waals surface area contributed by atoms with E-state index in [-0.39, 0.29) is 5.91 Å². The van der Waals surface area contributed by atoms with Gasteiger partial charge in [-0.1, -0.05) is 13.8 Å². The molecule has 0 aliphatic carbocycles. The smallest absolute Gasteiger partial charge is 0.256 e. The molecule has 124 valence electrons. The molecule has 22 heavy (non-hydrogen) atoms. The topological polar surface area (TPSA) is 56.8 Å². The first kappa shape index (κ1) is 18.5. The Morgan fingerprint density at radius 1 is 1.18 bits per heavy atom. The van der Waals surface area contributed by atoms with Crippen molar-refractivity contribution in [3.05, 3.63) is 24.3 Å². The van der Waals surface area contributed by atoms with Gasteiger partial charge >= 0.3 is 0 Å². The van der Waals surface area contributed by atoms with Gasteiger partial charge in [-0.25, -0.2) is 0 Å². The van der Waals surface area contributed by atoms with E-state index in [4.69, 9.17) is 14.2 Å². The number of amides is 1. The number of methoxy groups -OCH3 is 2. The van der Waals surface area contributed by atoms with Crippen LogP contribution in [0.1, 0.15) is 27.2 Å². The molecule has 0 unspecified atom stereocenters. The van der Waals surface area contributed by atoms with Crippen molar-refractivity contribution in [3.8, 4) is 5.75 Å². The number of benzene rings is 1. The van der Waals surface area contributed by atoms with Gasteiger partial charge in [0.05, 0.1) is 6.61 Å². The summed E-state index contributed by atoms with van der Waals surface area (Å²) in [5, 5.41) is 2.89. The lowest BCUT2D eigenvalue weighted by Gasteiger charge is -2.28. The fraction of sp³-hybridized carbons (Fsp3) is 0.588.